The standard InChI is InChI=1S/C22H29NO2.ClH/c1-2-9-20-18(6-1)7-5-8-19(20)12-15-25-22-11-4-3-10-21(22)23-13-16-24-17-14-23;/h1-2,5-9,21-22H,3-4,10-17H2;1H/t21-,22-;/m0./s1. The van der Waals surface area contributed by atoms with Gasteiger partial charge in [0.1, 0.15) is 0 Å². The van der Waals surface area contributed by atoms with Gasteiger partial charge in [0.25, 0.3) is 0 Å². The van der Waals surface area contributed by atoms with Crippen molar-refractivity contribution in [1.82, 2.24) is 4.90 Å². The van der Waals surface area contributed by atoms with Crippen LogP contribution in [0.15, 0.2) is 42.5 Å². The molecule has 2 atom stereocenters. The van der Waals surface area contributed by atoms with Gasteiger partial charge in [0, 0.05) is 19.1 Å². The van der Waals surface area contributed by atoms with Crippen LogP contribution < -0.4 is 0 Å². The largest absolute Gasteiger partial charge is 0.379 e. The zero-order valence-corrected chi connectivity index (χ0v) is 16.3. The average molecular weight is 376 g/mol. The van der Waals surface area contributed by atoms with Gasteiger partial charge < -0.3 is 9.47 Å². The Morgan fingerprint density at radius 3 is 2.62 bits per heavy atom. The van der Waals surface area contributed by atoms with Crippen LogP contribution in [0.3, 0.4) is 0 Å². The van der Waals surface area contributed by atoms with Crippen molar-refractivity contribution in [3.05, 3.63) is 48.0 Å². The molecular weight excluding hydrogens is 346 g/mol. The number of benzene rings is 2. The zero-order chi connectivity index (χ0) is 16.9. The first-order valence-corrected chi connectivity index (χ1v) is 9.82. The molecule has 2 fully saturated rings. The summed E-state index contributed by atoms with van der Waals surface area (Å²) in [7, 11) is 0. The van der Waals surface area contributed by atoms with E-state index in [1.54, 1.807) is 0 Å². The molecule has 1 saturated heterocycles. The summed E-state index contributed by atoms with van der Waals surface area (Å²) < 4.78 is 11.9. The van der Waals surface area contributed by atoms with E-state index in [1.165, 1.54) is 42.0 Å². The maximum Gasteiger partial charge on any atom is 0.0730 e. The van der Waals surface area contributed by atoms with Gasteiger partial charge in [-0.15, -0.1) is 12.4 Å². The van der Waals surface area contributed by atoms with Gasteiger partial charge in [-0.05, 0) is 35.6 Å². The molecule has 26 heavy (non-hydrogen) atoms. The monoisotopic (exact) mass is 375 g/mol. The lowest BCUT2D eigenvalue weighted by atomic mass is 9.91. The molecule has 0 N–H and O–H groups in total. The zero-order valence-electron chi connectivity index (χ0n) is 15.4. The van der Waals surface area contributed by atoms with Crippen molar-refractivity contribution in [2.45, 2.75) is 44.2 Å². The maximum atomic E-state index is 6.42. The SMILES string of the molecule is Cl.c1ccc2c(CCO[C@H]3CCCC[C@@H]3N3CCOCC3)cccc2c1. The van der Waals surface area contributed by atoms with E-state index in [0.717, 1.165) is 39.3 Å². The summed E-state index contributed by atoms with van der Waals surface area (Å²) in [5, 5.41) is 2.69. The van der Waals surface area contributed by atoms with Crippen molar-refractivity contribution in [2.24, 2.45) is 0 Å². The lowest BCUT2D eigenvalue weighted by molar-refractivity contribution is -0.0647. The van der Waals surface area contributed by atoms with Crippen molar-refractivity contribution in [2.75, 3.05) is 32.9 Å². The fraction of sp³-hybridized carbons (Fsp3) is 0.545. The fourth-order valence-corrected chi connectivity index (χ4v) is 4.43. The molecule has 1 saturated carbocycles. The Morgan fingerprint density at radius 2 is 1.73 bits per heavy atom. The van der Waals surface area contributed by atoms with Crippen LogP contribution in [-0.4, -0.2) is 50.0 Å². The summed E-state index contributed by atoms with van der Waals surface area (Å²) in [5.74, 6) is 0. The molecule has 2 aromatic rings. The summed E-state index contributed by atoms with van der Waals surface area (Å²) in [5.41, 5.74) is 1.40. The predicted octanol–water partition coefficient (Wildman–Crippen LogP) is 4.46. The minimum absolute atomic E-state index is 0. The second-order valence-electron chi connectivity index (χ2n) is 7.30. The number of fused-ring (bicyclic) bond motifs is 1. The molecule has 142 valence electrons. The number of halogens is 1. The van der Waals surface area contributed by atoms with E-state index in [4.69, 9.17) is 9.47 Å². The van der Waals surface area contributed by atoms with Crippen LogP contribution in [0.2, 0.25) is 0 Å². The number of hydrogen-bond donors (Lipinski definition) is 0. The van der Waals surface area contributed by atoms with Crippen LogP contribution in [-0.2, 0) is 15.9 Å². The van der Waals surface area contributed by atoms with Crippen molar-refractivity contribution in [1.29, 1.82) is 0 Å². The average Bonchev–Trinajstić information content (AvgIpc) is 2.69. The van der Waals surface area contributed by atoms with Crippen molar-refractivity contribution in [3.63, 3.8) is 0 Å². The molecule has 0 radical (unpaired) electrons. The molecule has 2 aliphatic rings. The molecular formula is C22H30ClNO2. The molecule has 0 aromatic heterocycles. The minimum Gasteiger partial charge on any atom is -0.379 e. The third-order valence-corrected chi connectivity index (χ3v) is 5.77. The Balaban J connectivity index is 0.00000196. The molecule has 0 unspecified atom stereocenters. The van der Waals surface area contributed by atoms with E-state index >= 15 is 0 Å². The van der Waals surface area contributed by atoms with E-state index in [1.807, 2.05) is 0 Å². The number of rotatable bonds is 5. The van der Waals surface area contributed by atoms with Gasteiger partial charge in [-0.1, -0.05) is 55.3 Å². The lowest BCUT2D eigenvalue weighted by Crippen LogP contribution is -2.51. The van der Waals surface area contributed by atoms with Gasteiger partial charge >= 0.3 is 0 Å². The Kier molecular flexibility index (Phi) is 7.32. The minimum atomic E-state index is 0. The van der Waals surface area contributed by atoms with E-state index in [0.29, 0.717) is 12.1 Å². The van der Waals surface area contributed by atoms with E-state index in [2.05, 4.69) is 47.4 Å². The van der Waals surface area contributed by atoms with Crippen LogP contribution in [0.25, 0.3) is 10.8 Å². The third-order valence-electron chi connectivity index (χ3n) is 5.77. The first-order chi connectivity index (χ1) is 12.4. The Bertz CT molecular complexity index is 681. The van der Waals surface area contributed by atoms with Crippen LogP contribution in [0.1, 0.15) is 31.2 Å². The molecule has 0 amide bonds. The highest BCUT2D eigenvalue weighted by Crippen LogP contribution is 2.27. The molecule has 1 aliphatic carbocycles. The smallest absolute Gasteiger partial charge is 0.0730 e. The van der Waals surface area contributed by atoms with Gasteiger partial charge in [-0.2, -0.15) is 0 Å². The molecule has 2 aromatic carbocycles. The normalized spacial score (nSPS) is 24.3. The molecule has 1 heterocycles. The highest BCUT2D eigenvalue weighted by atomic mass is 35.5. The number of ether oxygens (including phenoxy) is 2. The number of morpholine rings is 1. The first-order valence-electron chi connectivity index (χ1n) is 9.82. The van der Waals surface area contributed by atoms with Crippen molar-refractivity contribution >= 4 is 23.2 Å². The summed E-state index contributed by atoms with van der Waals surface area (Å²) in [6.07, 6.45) is 6.51. The lowest BCUT2D eigenvalue weighted by Gasteiger charge is -2.41. The van der Waals surface area contributed by atoms with Crippen LogP contribution in [0, 0.1) is 0 Å². The van der Waals surface area contributed by atoms with Gasteiger partial charge in [0.05, 0.1) is 25.9 Å². The van der Waals surface area contributed by atoms with Gasteiger partial charge in [0.15, 0.2) is 0 Å². The molecule has 0 spiro atoms. The van der Waals surface area contributed by atoms with Gasteiger partial charge in [-0.25, -0.2) is 0 Å². The van der Waals surface area contributed by atoms with Crippen molar-refractivity contribution in [3.8, 4) is 0 Å². The summed E-state index contributed by atoms with van der Waals surface area (Å²) in [4.78, 5) is 2.60. The fourth-order valence-electron chi connectivity index (χ4n) is 4.43. The van der Waals surface area contributed by atoms with Crippen molar-refractivity contribution < 1.29 is 9.47 Å². The second-order valence-corrected chi connectivity index (χ2v) is 7.30. The number of nitrogens with zero attached hydrogens (tertiary/aromatic N) is 1. The van der Waals surface area contributed by atoms with E-state index in [-0.39, 0.29) is 12.4 Å². The van der Waals surface area contributed by atoms with Crippen LogP contribution in [0.5, 0.6) is 0 Å². The van der Waals surface area contributed by atoms with Gasteiger partial charge in [-0.3, -0.25) is 4.90 Å². The number of hydrogen-bond acceptors (Lipinski definition) is 3. The van der Waals surface area contributed by atoms with Gasteiger partial charge in [0.2, 0.25) is 0 Å². The molecule has 4 heteroatoms. The summed E-state index contributed by atoms with van der Waals surface area (Å²) in [6, 6.07) is 15.8. The topological polar surface area (TPSA) is 21.7 Å². The Labute approximate surface area is 163 Å². The first kappa shape index (κ1) is 19.6. The highest BCUT2D eigenvalue weighted by Gasteiger charge is 2.31. The van der Waals surface area contributed by atoms with Crippen LogP contribution >= 0.6 is 12.4 Å². The van der Waals surface area contributed by atoms with Crippen LogP contribution in [0.4, 0.5) is 0 Å². The quantitative estimate of drug-likeness (QED) is 0.769. The molecule has 0 bridgehead atoms. The maximum absolute atomic E-state index is 6.42. The predicted molar refractivity (Wildman–Crippen MR) is 109 cm³/mol. The Morgan fingerprint density at radius 1 is 0.962 bits per heavy atom. The van der Waals surface area contributed by atoms with E-state index in [9.17, 15) is 0 Å². The summed E-state index contributed by atoms with van der Waals surface area (Å²) in [6.45, 7) is 4.69. The Hall–Kier alpha value is -1.13. The highest BCUT2D eigenvalue weighted by molar-refractivity contribution is 5.86. The second kappa shape index (κ2) is 9.70. The molecule has 3 nitrogen and oxygen atoms in total. The van der Waals surface area contributed by atoms with E-state index < -0.39 is 0 Å². The molecule has 4 rings (SSSR count). The molecule has 1 aliphatic heterocycles. The summed E-state index contributed by atoms with van der Waals surface area (Å²) >= 11 is 0. The third kappa shape index (κ3) is 4.58.